The van der Waals surface area contributed by atoms with Crippen molar-refractivity contribution < 1.29 is 14.3 Å². The fourth-order valence-corrected chi connectivity index (χ4v) is 1.95. The Morgan fingerprint density at radius 3 is 2.53 bits per heavy atom. The van der Waals surface area contributed by atoms with Crippen LogP contribution in [0.15, 0.2) is 0 Å². The first kappa shape index (κ1) is 14.3. The number of ether oxygens (including phenoxy) is 2. The molecule has 1 amide bonds. The Balaban J connectivity index is 2.54. The maximum atomic E-state index is 11.9. The molecule has 17 heavy (non-hydrogen) atoms. The molecule has 1 aliphatic rings. The molecule has 1 aliphatic heterocycles. The number of amides is 1. The fourth-order valence-electron chi connectivity index (χ4n) is 1.95. The van der Waals surface area contributed by atoms with Gasteiger partial charge in [-0.15, -0.1) is 0 Å². The lowest BCUT2D eigenvalue weighted by molar-refractivity contribution is 0.0252. The summed E-state index contributed by atoms with van der Waals surface area (Å²) in [6.07, 6.45) is -0.220. The minimum Gasteiger partial charge on any atom is -0.444 e. The number of nitrogens with zero attached hydrogens (tertiary/aromatic N) is 1. The number of methoxy groups -OCH3 is 1. The van der Waals surface area contributed by atoms with E-state index in [1.165, 1.54) is 0 Å². The van der Waals surface area contributed by atoms with Crippen LogP contribution in [0.25, 0.3) is 0 Å². The third kappa shape index (κ3) is 4.16. The van der Waals surface area contributed by atoms with Gasteiger partial charge in [0.1, 0.15) is 5.60 Å². The van der Waals surface area contributed by atoms with E-state index in [0.717, 1.165) is 6.54 Å². The minimum absolute atomic E-state index is 0.0440. The van der Waals surface area contributed by atoms with Crippen molar-refractivity contribution in [3.63, 3.8) is 0 Å². The first-order valence-corrected chi connectivity index (χ1v) is 6.11. The topological polar surface area (TPSA) is 50.8 Å². The number of hydrogen-bond acceptors (Lipinski definition) is 4. The summed E-state index contributed by atoms with van der Waals surface area (Å²) in [5, 5.41) is 3.32. The van der Waals surface area contributed by atoms with E-state index >= 15 is 0 Å². The smallest absolute Gasteiger partial charge is 0.410 e. The summed E-state index contributed by atoms with van der Waals surface area (Å²) in [7, 11) is 1.67. The molecule has 1 fully saturated rings. The lowest BCUT2D eigenvalue weighted by atomic mass is 10.2. The molecule has 2 atom stereocenters. The zero-order valence-electron chi connectivity index (χ0n) is 11.4. The number of carbonyl (C=O) groups excluding carboxylic acids is 1. The highest BCUT2D eigenvalue weighted by Crippen LogP contribution is 2.17. The van der Waals surface area contributed by atoms with Crippen LogP contribution >= 0.6 is 0 Å². The molecule has 1 saturated heterocycles. The zero-order valence-corrected chi connectivity index (χ0v) is 11.4. The highest BCUT2D eigenvalue weighted by Gasteiger charge is 2.36. The Bertz CT molecular complexity index is 263. The van der Waals surface area contributed by atoms with Gasteiger partial charge in [0, 0.05) is 13.7 Å². The standard InChI is InChI=1S/C12H24N2O3/c1-6-13-9-7-14(8-10(9)16-5)11(15)17-12(2,3)4/h9-10,13H,6-8H2,1-5H3/t9?,10-/m0/s1. The van der Waals surface area contributed by atoms with Gasteiger partial charge in [-0.25, -0.2) is 4.79 Å². The monoisotopic (exact) mass is 244 g/mol. The summed E-state index contributed by atoms with van der Waals surface area (Å²) < 4.78 is 10.7. The molecule has 5 heteroatoms. The summed E-state index contributed by atoms with van der Waals surface area (Å²) in [4.78, 5) is 13.6. The van der Waals surface area contributed by atoms with E-state index in [9.17, 15) is 4.79 Å². The Labute approximate surface area is 103 Å². The van der Waals surface area contributed by atoms with Gasteiger partial charge in [0.15, 0.2) is 0 Å². The molecule has 0 aromatic carbocycles. The molecule has 0 aromatic heterocycles. The van der Waals surface area contributed by atoms with Gasteiger partial charge in [-0.2, -0.15) is 0 Å². The van der Waals surface area contributed by atoms with Gasteiger partial charge in [-0.05, 0) is 27.3 Å². The SMILES string of the molecule is CCNC1CN(C(=O)OC(C)(C)C)C[C@@H]1OC. The van der Waals surface area contributed by atoms with Gasteiger partial charge in [0.05, 0.1) is 18.7 Å². The van der Waals surface area contributed by atoms with Crippen LogP contribution in [-0.4, -0.2) is 55.5 Å². The van der Waals surface area contributed by atoms with Crippen LogP contribution in [0, 0.1) is 0 Å². The number of rotatable bonds is 3. The van der Waals surface area contributed by atoms with E-state index in [1.54, 1.807) is 12.0 Å². The maximum absolute atomic E-state index is 11.9. The van der Waals surface area contributed by atoms with Crippen LogP contribution < -0.4 is 5.32 Å². The normalized spacial score (nSPS) is 25.1. The van der Waals surface area contributed by atoms with E-state index in [1.807, 2.05) is 27.7 Å². The first-order valence-electron chi connectivity index (χ1n) is 6.11. The molecule has 1 N–H and O–H groups in total. The van der Waals surface area contributed by atoms with Crippen molar-refractivity contribution >= 4 is 6.09 Å². The zero-order chi connectivity index (χ0) is 13.1. The van der Waals surface area contributed by atoms with E-state index < -0.39 is 5.60 Å². The summed E-state index contributed by atoms with van der Waals surface area (Å²) >= 11 is 0. The van der Waals surface area contributed by atoms with Crippen LogP contribution in [0.3, 0.4) is 0 Å². The van der Waals surface area contributed by atoms with Crippen molar-refractivity contribution in [2.45, 2.75) is 45.4 Å². The lowest BCUT2D eigenvalue weighted by Gasteiger charge is -2.24. The van der Waals surface area contributed by atoms with E-state index in [-0.39, 0.29) is 18.2 Å². The van der Waals surface area contributed by atoms with Gasteiger partial charge < -0.3 is 19.7 Å². The molecule has 100 valence electrons. The van der Waals surface area contributed by atoms with Crippen molar-refractivity contribution in [1.82, 2.24) is 10.2 Å². The van der Waals surface area contributed by atoms with Crippen LogP contribution in [-0.2, 0) is 9.47 Å². The van der Waals surface area contributed by atoms with Gasteiger partial charge in [-0.3, -0.25) is 0 Å². The van der Waals surface area contributed by atoms with Crippen LogP contribution in [0.2, 0.25) is 0 Å². The Kier molecular flexibility index (Phi) is 4.77. The predicted octanol–water partition coefficient (Wildman–Crippen LogP) is 1.23. The average Bonchev–Trinajstić information content (AvgIpc) is 2.59. The molecule has 0 aromatic rings. The van der Waals surface area contributed by atoms with Gasteiger partial charge in [-0.1, -0.05) is 6.92 Å². The van der Waals surface area contributed by atoms with E-state index in [0.29, 0.717) is 13.1 Å². The van der Waals surface area contributed by atoms with Gasteiger partial charge in [0.25, 0.3) is 0 Å². The molecule has 1 rings (SSSR count). The fraction of sp³-hybridized carbons (Fsp3) is 0.917. The third-order valence-corrected chi connectivity index (χ3v) is 2.69. The predicted molar refractivity (Wildman–Crippen MR) is 66.1 cm³/mol. The molecular formula is C12H24N2O3. The molecule has 0 radical (unpaired) electrons. The third-order valence-electron chi connectivity index (χ3n) is 2.69. The highest BCUT2D eigenvalue weighted by atomic mass is 16.6. The second-order valence-electron chi connectivity index (χ2n) is 5.32. The van der Waals surface area contributed by atoms with Crippen molar-refractivity contribution in [2.75, 3.05) is 26.7 Å². The average molecular weight is 244 g/mol. The van der Waals surface area contributed by atoms with Crippen molar-refractivity contribution in [1.29, 1.82) is 0 Å². The summed E-state index contributed by atoms with van der Waals surface area (Å²) in [6.45, 7) is 9.75. The van der Waals surface area contributed by atoms with Crippen molar-refractivity contribution in [3.05, 3.63) is 0 Å². The lowest BCUT2D eigenvalue weighted by Crippen LogP contribution is -2.40. The van der Waals surface area contributed by atoms with Crippen LogP contribution in [0.1, 0.15) is 27.7 Å². The summed E-state index contributed by atoms with van der Waals surface area (Å²) in [5.41, 5.74) is -0.448. The van der Waals surface area contributed by atoms with Crippen molar-refractivity contribution in [3.8, 4) is 0 Å². The van der Waals surface area contributed by atoms with Gasteiger partial charge in [0.2, 0.25) is 0 Å². The molecule has 5 nitrogen and oxygen atoms in total. The van der Waals surface area contributed by atoms with E-state index in [4.69, 9.17) is 9.47 Å². The number of likely N-dealkylation sites (N-methyl/N-ethyl adjacent to an activating group) is 1. The molecule has 0 bridgehead atoms. The van der Waals surface area contributed by atoms with E-state index in [2.05, 4.69) is 5.32 Å². The molecule has 0 saturated carbocycles. The Morgan fingerprint density at radius 2 is 2.06 bits per heavy atom. The number of carbonyl (C=O) groups is 1. The molecule has 0 aliphatic carbocycles. The second kappa shape index (κ2) is 5.69. The first-order chi connectivity index (χ1) is 7.87. The van der Waals surface area contributed by atoms with Crippen LogP contribution in [0.4, 0.5) is 4.79 Å². The molecular weight excluding hydrogens is 220 g/mol. The maximum Gasteiger partial charge on any atom is 0.410 e. The number of likely N-dealkylation sites (tertiary alicyclic amines) is 1. The number of nitrogens with one attached hydrogen (secondary N) is 1. The molecule has 0 spiro atoms. The number of hydrogen-bond donors (Lipinski definition) is 1. The van der Waals surface area contributed by atoms with Gasteiger partial charge >= 0.3 is 6.09 Å². The second-order valence-corrected chi connectivity index (χ2v) is 5.32. The van der Waals surface area contributed by atoms with Crippen LogP contribution in [0.5, 0.6) is 0 Å². The summed E-state index contributed by atoms with van der Waals surface area (Å²) in [5.74, 6) is 0. The molecule has 1 heterocycles. The van der Waals surface area contributed by atoms with Crippen molar-refractivity contribution in [2.24, 2.45) is 0 Å². The Hall–Kier alpha value is -0.810. The largest absolute Gasteiger partial charge is 0.444 e. The minimum atomic E-state index is -0.448. The summed E-state index contributed by atoms with van der Waals surface area (Å²) in [6, 6.07) is 0.192. The Morgan fingerprint density at radius 1 is 1.41 bits per heavy atom. The highest BCUT2D eigenvalue weighted by molar-refractivity contribution is 5.68. The quantitative estimate of drug-likeness (QED) is 0.811. The molecule has 1 unspecified atom stereocenters.